The second-order valence-electron chi connectivity index (χ2n) is 4.24. The first-order valence-electron chi connectivity index (χ1n) is 5.76. The van der Waals surface area contributed by atoms with E-state index in [9.17, 15) is 13.2 Å². The monoisotopic (exact) mass is 277 g/mol. The number of rotatable bonds is 2. The van der Waals surface area contributed by atoms with Crippen LogP contribution in [0.4, 0.5) is 13.2 Å². The average molecular weight is 277 g/mol. The maximum Gasteiger partial charge on any atom is 0.573 e. The number of halogens is 3. The number of nitrogens with zero attached hydrogens (tertiary/aromatic N) is 1. The van der Waals surface area contributed by atoms with Crippen LogP contribution in [0.2, 0.25) is 0 Å². The van der Waals surface area contributed by atoms with Crippen molar-refractivity contribution in [2.24, 2.45) is 0 Å². The molecule has 0 aliphatic rings. The average Bonchev–Trinajstić information content (AvgIpc) is 2.37. The van der Waals surface area contributed by atoms with Crippen molar-refractivity contribution in [2.75, 3.05) is 0 Å². The van der Waals surface area contributed by atoms with Crippen molar-refractivity contribution in [2.45, 2.75) is 13.3 Å². The van der Waals surface area contributed by atoms with Gasteiger partial charge in [-0.3, -0.25) is 0 Å². The number of nitriles is 1. The zero-order chi connectivity index (χ0) is 14.8. The number of aryl methyl sites for hydroxylation is 1. The molecule has 0 atom stereocenters. The molecule has 2 nitrogen and oxygen atoms in total. The highest BCUT2D eigenvalue weighted by atomic mass is 19.4. The third-order valence-corrected chi connectivity index (χ3v) is 2.67. The van der Waals surface area contributed by atoms with E-state index in [1.807, 2.05) is 13.0 Å². The number of hydrogen-bond acceptors (Lipinski definition) is 2. The molecule has 102 valence electrons. The first-order chi connectivity index (χ1) is 9.39. The maximum atomic E-state index is 12.2. The summed E-state index contributed by atoms with van der Waals surface area (Å²) in [5, 5.41) is 9.07. The summed E-state index contributed by atoms with van der Waals surface area (Å²) in [7, 11) is 0. The standard InChI is InChI=1S/C15H10F3NO/c1-10-5-6-12(9-19)14(7-10)11-3-2-4-13(8-11)20-15(16,17)18/h2-8H,1H3. The molecule has 5 heteroatoms. The minimum atomic E-state index is -4.73. The van der Waals surface area contributed by atoms with Crippen molar-refractivity contribution in [3.63, 3.8) is 0 Å². The van der Waals surface area contributed by atoms with E-state index in [-0.39, 0.29) is 5.75 Å². The van der Waals surface area contributed by atoms with Crippen LogP contribution in [-0.4, -0.2) is 6.36 Å². The third-order valence-electron chi connectivity index (χ3n) is 2.67. The molecule has 0 aromatic heterocycles. The Hall–Kier alpha value is -2.48. The molecule has 0 aliphatic carbocycles. The summed E-state index contributed by atoms with van der Waals surface area (Å²) >= 11 is 0. The molecule has 0 unspecified atom stereocenters. The van der Waals surface area contributed by atoms with Gasteiger partial charge in [0.25, 0.3) is 0 Å². The fourth-order valence-electron chi connectivity index (χ4n) is 1.86. The van der Waals surface area contributed by atoms with Crippen LogP contribution in [0.3, 0.4) is 0 Å². The Labute approximate surface area is 114 Å². The smallest absolute Gasteiger partial charge is 0.406 e. The maximum absolute atomic E-state index is 12.2. The van der Waals surface area contributed by atoms with Crippen LogP contribution < -0.4 is 4.74 Å². The van der Waals surface area contributed by atoms with Gasteiger partial charge in [0.15, 0.2) is 0 Å². The zero-order valence-electron chi connectivity index (χ0n) is 10.5. The van der Waals surface area contributed by atoms with E-state index in [0.29, 0.717) is 16.7 Å². The van der Waals surface area contributed by atoms with Gasteiger partial charge in [0.05, 0.1) is 11.6 Å². The van der Waals surface area contributed by atoms with Gasteiger partial charge >= 0.3 is 6.36 Å². The summed E-state index contributed by atoms with van der Waals surface area (Å²) in [5.41, 5.74) is 2.41. The summed E-state index contributed by atoms with van der Waals surface area (Å²) in [6.07, 6.45) is -4.73. The van der Waals surface area contributed by atoms with Crippen LogP contribution in [-0.2, 0) is 0 Å². The second kappa shape index (κ2) is 5.25. The Morgan fingerprint density at radius 1 is 1.10 bits per heavy atom. The van der Waals surface area contributed by atoms with Gasteiger partial charge in [-0.2, -0.15) is 5.26 Å². The largest absolute Gasteiger partial charge is 0.573 e. The molecule has 0 saturated heterocycles. The van der Waals surface area contributed by atoms with Crippen LogP contribution in [0.25, 0.3) is 11.1 Å². The Morgan fingerprint density at radius 3 is 2.50 bits per heavy atom. The van der Waals surface area contributed by atoms with Gasteiger partial charge in [-0.05, 0) is 36.2 Å². The van der Waals surface area contributed by atoms with E-state index in [1.54, 1.807) is 24.3 Å². The molecule has 0 aliphatic heterocycles. The van der Waals surface area contributed by atoms with Gasteiger partial charge in [0.1, 0.15) is 5.75 Å². The molecule has 0 radical (unpaired) electrons. The van der Waals surface area contributed by atoms with E-state index < -0.39 is 6.36 Å². The van der Waals surface area contributed by atoms with Crippen LogP contribution in [0.15, 0.2) is 42.5 Å². The third kappa shape index (κ3) is 3.29. The molecular weight excluding hydrogens is 267 g/mol. The molecular formula is C15H10F3NO. The molecule has 0 fully saturated rings. The lowest BCUT2D eigenvalue weighted by Gasteiger charge is -2.11. The Bertz CT molecular complexity index is 672. The van der Waals surface area contributed by atoms with Gasteiger partial charge in [0, 0.05) is 0 Å². The first kappa shape index (κ1) is 13.9. The normalized spacial score (nSPS) is 10.9. The predicted molar refractivity (Wildman–Crippen MR) is 68.0 cm³/mol. The summed E-state index contributed by atoms with van der Waals surface area (Å²) in [6, 6.07) is 12.8. The number of ether oxygens (including phenoxy) is 1. The first-order valence-corrected chi connectivity index (χ1v) is 5.76. The summed E-state index contributed by atoms with van der Waals surface area (Å²) in [4.78, 5) is 0. The van der Waals surface area contributed by atoms with Crippen LogP contribution in [0, 0.1) is 18.3 Å². The number of benzene rings is 2. The van der Waals surface area contributed by atoms with Crippen LogP contribution in [0.5, 0.6) is 5.75 Å². The van der Waals surface area contributed by atoms with Gasteiger partial charge in [0.2, 0.25) is 0 Å². The van der Waals surface area contributed by atoms with Gasteiger partial charge < -0.3 is 4.74 Å². The minimum absolute atomic E-state index is 0.305. The molecule has 20 heavy (non-hydrogen) atoms. The van der Waals surface area contributed by atoms with Crippen molar-refractivity contribution in [3.8, 4) is 22.9 Å². The van der Waals surface area contributed by atoms with Crippen molar-refractivity contribution >= 4 is 0 Å². The van der Waals surface area contributed by atoms with Crippen molar-refractivity contribution in [3.05, 3.63) is 53.6 Å². The molecule has 0 spiro atoms. The zero-order valence-corrected chi connectivity index (χ0v) is 10.5. The van der Waals surface area contributed by atoms with Crippen molar-refractivity contribution < 1.29 is 17.9 Å². The minimum Gasteiger partial charge on any atom is -0.406 e. The lowest BCUT2D eigenvalue weighted by atomic mass is 9.98. The van der Waals surface area contributed by atoms with Crippen LogP contribution in [0.1, 0.15) is 11.1 Å². The molecule has 2 rings (SSSR count). The van der Waals surface area contributed by atoms with E-state index in [0.717, 1.165) is 5.56 Å². The Kier molecular flexibility index (Phi) is 3.66. The second-order valence-corrected chi connectivity index (χ2v) is 4.24. The SMILES string of the molecule is Cc1ccc(C#N)c(-c2cccc(OC(F)(F)F)c2)c1. The predicted octanol–water partition coefficient (Wildman–Crippen LogP) is 4.43. The van der Waals surface area contributed by atoms with Crippen LogP contribution >= 0.6 is 0 Å². The van der Waals surface area contributed by atoms with Gasteiger partial charge in [-0.25, -0.2) is 0 Å². The molecule has 2 aromatic rings. The van der Waals surface area contributed by atoms with E-state index in [4.69, 9.17) is 5.26 Å². The van der Waals surface area contributed by atoms with E-state index >= 15 is 0 Å². The van der Waals surface area contributed by atoms with E-state index in [1.165, 1.54) is 18.2 Å². The molecule has 0 saturated carbocycles. The van der Waals surface area contributed by atoms with Crippen molar-refractivity contribution in [1.29, 1.82) is 5.26 Å². The summed E-state index contributed by atoms with van der Waals surface area (Å²) in [6.45, 7) is 1.85. The highest BCUT2D eigenvalue weighted by Gasteiger charge is 2.31. The number of alkyl halides is 3. The van der Waals surface area contributed by atoms with Crippen molar-refractivity contribution in [1.82, 2.24) is 0 Å². The Balaban J connectivity index is 2.46. The number of hydrogen-bond donors (Lipinski definition) is 0. The molecule has 0 bridgehead atoms. The topological polar surface area (TPSA) is 33.0 Å². The lowest BCUT2D eigenvalue weighted by molar-refractivity contribution is -0.274. The molecule has 0 N–H and O–H groups in total. The summed E-state index contributed by atoms with van der Waals surface area (Å²) < 4.78 is 40.5. The Morgan fingerprint density at radius 2 is 1.85 bits per heavy atom. The molecule has 2 aromatic carbocycles. The molecule has 0 amide bonds. The molecule has 0 heterocycles. The fraction of sp³-hybridized carbons (Fsp3) is 0.133. The van der Waals surface area contributed by atoms with E-state index in [2.05, 4.69) is 4.74 Å². The lowest BCUT2D eigenvalue weighted by Crippen LogP contribution is -2.17. The highest BCUT2D eigenvalue weighted by molar-refractivity contribution is 5.72. The van der Waals surface area contributed by atoms with Gasteiger partial charge in [-0.1, -0.05) is 29.8 Å². The quantitative estimate of drug-likeness (QED) is 0.813. The summed E-state index contributed by atoms with van der Waals surface area (Å²) in [5.74, 6) is -0.305. The highest BCUT2D eigenvalue weighted by Crippen LogP contribution is 2.30. The van der Waals surface area contributed by atoms with Gasteiger partial charge in [-0.15, -0.1) is 13.2 Å². The fourth-order valence-corrected chi connectivity index (χ4v) is 1.86.